The van der Waals surface area contributed by atoms with E-state index in [1.165, 1.54) is 19.3 Å². The Hall–Kier alpha value is -2.07. The van der Waals surface area contributed by atoms with Gasteiger partial charge in [0.1, 0.15) is 5.69 Å². The lowest BCUT2D eigenvalue weighted by Crippen LogP contribution is -2.39. The molecule has 0 aliphatic carbocycles. The summed E-state index contributed by atoms with van der Waals surface area (Å²) >= 11 is 5.87. The number of piperidine rings is 1. The monoisotopic (exact) mass is 343 g/mol. The Morgan fingerprint density at radius 1 is 1.29 bits per heavy atom. The Morgan fingerprint density at radius 2 is 2.08 bits per heavy atom. The molecule has 2 heterocycles. The van der Waals surface area contributed by atoms with Crippen LogP contribution in [0.2, 0.25) is 5.02 Å². The summed E-state index contributed by atoms with van der Waals surface area (Å²) in [5, 5.41) is 3.50. The van der Waals surface area contributed by atoms with E-state index in [4.69, 9.17) is 11.6 Å². The molecule has 1 saturated heterocycles. The van der Waals surface area contributed by atoms with Crippen molar-refractivity contribution in [1.82, 2.24) is 4.98 Å². The topological polar surface area (TPSA) is 45.2 Å². The van der Waals surface area contributed by atoms with Crippen molar-refractivity contribution in [3.8, 4) is 0 Å². The lowest BCUT2D eigenvalue weighted by molar-refractivity contribution is 0.102. The Labute approximate surface area is 147 Å². The SMILES string of the molecule is CCC1CCCCN1c1ccnc(C(=O)Nc2ccc(Cl)cc2)c1. The molecule has 1 N–H and O–H groups in total. The van der Waals surface area contributed by atoms with Gasteiger partial charge in [-0.2, -0.15) is 0 Å². The Bertz CT molecular complexity index is 702. The number of halogens is 1. The van der Waals surface area contributed by atoms with Crippen molar-refractivity contribution in [2.24, 2.45) is 0 Å². The number of carbonyl (C=O) groups is 1. The zero-order chi connectivity index (χ0) is 16.9. The molecule has 0 bridgehead atoms. The Kier molecular flexibility index (Phi) is 5.36. The van der Waals surface area contributed by atoms with Gasteiger partial charge >= 0.3 is 0 Å². The summed E-state index contributed by atoms with van der Waals surface area (Å²) in [6, 6.07) is 11.5. The maximum absolute atomic E-state index is 12.5. The molecule has 5 heteroatoms. The first kappa shape index (κ1) is 16.8. The highest BCUT2D eigenvalue weighted by Crippen LogP contribution is 2.26. The third-order valence-corrected chi connectivity index (χ3v) is 4.76. The first-order valence-electron chi connectivity index (χ1n) is 8.47. The first-order valence-corrected chi connectivity index (χ1v) is 8.85. The second-order valence-electron chi connectivity index (χ2n) is 6.11. The average molecular weight is 344 g/mol. The Balaban J connectivity index is 1.76. The van der Waals surface area contributed by atoms with E-state index >= 15 is 0 Å². The number of anilines is 2. The van der Waals surface area contributed by atoms with Crippen LogP contribution >= 0.6 is 11.6 Å². The normalized spacial score (nSPS) is 17.6. The molecular weight excluding hydrogens is 322 g/mol. The van der Waals surface area contributed by atoms with Crippen molar-refractivity contribution in [3.05, 3.63) is 53.3 Å². The molecule has 24 heavy (non-hydrogen) atoms. The van der Waals surface area contributed by atoms with E-state index in [0.29, 0.717) is 22.4 Å². The standard InChI is InChI=1S/C19H22ClN3O/c1-2-16-5-3-4-12-23(16)17-10-11-21-18(13-17)19(24)22-15-8-6-14(20)7-9-15/h6-11,13,16H,2-5,12H2,1H3,(H,22,24). The predicted octanol–water partition coefficient (Wildman–Crippen LogP) is 4.76. The highest BCUT2D eigenvalue weighted by molar-refractivity contribution is 6.30. The number of benzene rings is 1. The molecule has 1 atom stereocenters. The van der Waals surface area contributed by atoms with Crippen molar-refractivity contribution in [2.75, 3.05) is 16.8 Å². The molecule has 1 aliphatic heterocycles. The number of carbonyl (C=O) groups excluding carboxylic acids is 1. The molecule has 1 aliphatic rings. The van der Waals surface area contributed by atoms with Crippen molar-refractivity contribution >= 4 is 28.9 Å². The first-order chi connectivity index (χ1) is 11.7. The molecule has 1 amide bonds. The fraction of sp³-hybridized carbons (Fsp3) is 0.368. The molecule has 1 aromatic carbocycles. The van der Waals surface area contributed by atoms with Gasteiger partial charge in [-0.3, -0.25) is 9.78 Å². The van der Waals surface area contributed by atoms with Gasteiger partial charge in [0, 0.05) is 35.2 Å². The van der Waals surface area contributed by atoms with E-state index in [0.717, 1.165) is 18.7 Å². The number of rotatable bonds is 4. The largest absolute Gasteiger partial charge is 0.368 e. The van der Waals surface area contributed by atoms with Gasteiger partial charge in [-0.15, -0.1) is 0 Å². The number of nitrogens with zero attached hydrogens (tertiary/aromatic N) is 2. The summed E-state index contributed by atoms with van der Waals surface area (Å²) < 4.78 is 0. The van der Waals surface area contributed by atoms with E-state index in [9.17, 15) is 4.79 Å². The average Bonchev–Trinajstić information content (AvgIpc) is 2.63. The second kappa shape index (κ2) is 7.67. The minimum absolute atomic E-state index is 0.204. The van der Waals surface area contributed by atoms with Crippen LogP contribution in [0.1, 0.15) is 43.1 Å². The summed E-state index contributed by atoms with van der Waals surface area (Å²) in [5.41, 5.74) is 2.22. The molecule has 1 aromatic heterocycles. The minimum atomic E-state index is -0.204. The molecule has 1 fully saturated rings. The maximum Gasteiger partial charge on any atom is 0.274 e. The van der Waals surface area contributed by atoms with Crippen molar-refractivity contribution in [1.29, 1.82) is 0 Å². The van der Waals surface area contributed by atoms with Crippen LogP contribution in [-0.4, -0.2) is 23.5 Å². The zero-order valence-electron chi connectivity index (χ0n) is 13.8. The van der Waals surface area contributed by atoms with Crippen LogP contribution in [0.5, 0.6) is 0 Å². The van der Waals surface area contributed by atoms with E-state index < -0.39 is 0 Å². The highest BCUT2D eigenvalue weighted by atomic mass is 35.5. The molecule has 1 unspecified atom stereocenters. The molecule has 0 spiro atoms. The molecule has 126 valence electrons. The zero-order valence-corrected chi connectivity index (χ0v) is 14.6. The van der Waals surface area contributed by atoms with Crippen molar-refractivity contribution in [3.63, 3.8) is 0 Å². The number of amides is 1. The molecule has 0 saturated carbocycles. The molecule has 4 nitrogen and oxygen atoms in total. The number of hydrogen-bond donors (Lipinski definition) is 1. The fourth-order valence-electron chi connectivity index (χ4n) is 3.22. The second-order valence-corrected chi connectivity index (χ2v) is 6.55. The predicted molar refractivity (Wildman–Crippen MR) is 98.9 cm³/mol. The quantitative estimate of drug-likeness (QED) is 0.870. The third kappa shape index (κ3) is 3.88. The van der Waals surface area contributed by atoms with Gasteiger partial charge in [-0.25, -0.2) is 0 Å². The van der Waals surface area contributed by atoms with Gasteiger partial charge in [0.2, 0.25) is 0 Å². The smallest absolute Gasteiger partial charge is 0.274 e. The number of hydrogen-bond acceptors (Lipinski definition) is 3. The fourth-order valence-corrected chi connectivity index (χ4v) is 3.34. The van der Waals surface area contributed by atoms with E-state index in [1.807, 2.05) is 12.1 Å². The molecule has 3 rings (SSSR count). The highest BCUT2D eigenvalue weighted by Gasteiger charge is 2.22. The van der Waals surface area contributed by atoms with E-state index in [-0.39, 0.29) is 5.91 Å². The summed E-state index contributed by atoms with van der Waals surface area (Å²) in [5.74, 6) is -0.204. The van der Waals surface area contributed by atoms with Gasteiger partial charge in [0.25, 0.3) is 5.91 Å². The summed E-state index contributed by atoms with van der Waals surface area (Å²) in [6.07, 6.45) is 6.53. The molecular formula is C19H22ClN3O. The molecule has 2 aromatic rings. The lowest BCUT2D eigenvalue weighted by atomic mass is 9.99. The van der Waals surface area contributed by atoms with Crippen LogP contribution in [0.15, 0.2) is 42.6 Å². The number of aromatic nitrogens is 1. The molecule has 0 radical (unpaired) electrons. The summed E-state index contributed by atoms with van der Waals surface area (Å²) in [6.45, 7) is 3.26. The van der Waals surface area contributed by atoms with Crippen molar-refractivity contribution in [2.45, 2.75) is 38.6 Å². The maximum atomic E-state index is 12.5. The summed E-state index contributed by atoms with van der Waals surface area (Å²) in [4.78, 5) is 19.1. The van der Waals surface area contributed by atoms with Crippen molar-refractivity contribution < 1.29 is 4.79 Å². The minimum Gasteiger partial charge on any atom is -0.368 e. The van der Waals surface area contributed by atoms with Crippen LogP contribution in [0, 0.1) is 0 Å². The number of nitrogens with one attached hydrogen (secondary N) is 1. The third-order valence-electron chi connectivity index (χ3n) is 4.51. The van der Waals surface area contributed by atoms with E-state index in [2.05, 4.69) is 22.1 Å². The van der Waals surface area contributed by atoms with Crippen LogP contribution in [0.25, 0.3) is 0 Å². The van der Waals surface area contributed by atoms with Gasteiger partial charge in [-0.05, 0) is 62.1 Å². The van der Waals surface area contributed by atoms with Gasteiger partial charge in [-0.1, -0.05) is 18.5 Å². The van der Waals surface area contributed by atoms with Crippen LogP contribution in [0.4, 0.5) is 11.4 Å². The van der Waals surface area contributed by atoms with Gasteiger partial charge < -0.3 is 10.2 Å². The van der Waals surface area contributed by atoms with Crippen LogP contribution in [-0.2, 0) is 0 Å². The van der Waals surface area contributed by atoms with Crippen LogP contribution < -0.4 is 10.2 Å². The summed E-state index contributed by atoms with van der Waals surface area (Å²) in [7, 11) is 0. The van der Waals surface area contributed by atoms with E-state index in [1.54, 1.807) is 30.5 Å². The van der Waals surface area contributed by atoms with Gasteiger partial charge in [0.05, 0.1) is 0 Å². The van der Waals surface area contributed by atoms with Gasteiger partial charge in [0.15, 0.2) is 0 Å². The Morgan fingerprint density at radius 3 is 2.83 bits per heavy atom. The lowest BCUT2D eigenvalue weighted by Gasteiger charge is -2.37. The number of pyridine rings is 1. The van der Waals surface area contributed by atoms with Crippen LogP contribution in [0.3, 0.4) is 0 Å².